The molecule has 0 radical (unpaired) electrons. The highest BCUT2D eigenvalue weighted by Gasteiger charge is 2.25. The Morgan fingerprint density at radius 2 is 0.723 bits per heavy atom. The second kappa shape index (κ2) is 17.1. The standard InChI is InChI=1S/C39H43NO5P2/c1-41-31-24-22-30(23-25-31)40(26-28-46(36-18-10-6-14-32(36)42-2)37-19-11-7-15-33(37)43-3)27-29-47(38-20-12-8-16-34(38)44-4)39-21-13-9-17-35(39)45-5/h6-25H,26-29H2,1-5H3. The van der Waals surface area contributed by atoms with Gasteiger partial charge in [0.25, 0.3) is 0 Å². The smallest absolute Gasteiger partial charge is 0.126 e. The maximum atomic E-state index is 5.89. The molecule has 5 aromatic carbocycles. The first-order valence-electron chi connectivity index (χ1n) is 15.6. The normalized spacial score (nSPS) is 11.0. The summed E-state index contributed by atoms with van der Waals surface area (Å²) in [5.74, 6) is 4.44. The van der Waals surface area contributed by atoms with Gasteiger partial charge in [0, 0.05) is 40.0 Å². The predicted molar refractivity (Wildman–Crippen MR) is 199 cm³/mol. The van der Waals surface area contributed by atoms with Gasteiger partial charge in [0.2, 0.25) is 0 Å². The third-order valence-electron chi connectivity index (χ3n) is 8.13. The first-order valence-corrected chi connectivity index (χ1v) is 18.6. The van der Waals surface area contributed by atoms with E-state index >= 15 is 0 Å². The van der Waals surface area contributed by atoms with Crippen LogP contribution in [0.15, 0.2) is 121 Å². The lowest BCUT2D eigenvalue weighted by atomic mass is 10.2. The molecule has 0 aromatic heterocycles. The number of rotatable bonds is 16. The monoisotopic (exact) mass is 667 g/mol. The van der Waals surface area contributed by atoms with Crippen molar-refractivity contribution >= 4 is 42.7 Å². The minimum atomic E-state index is -0.817. The second-order valence-electron chi connectivity index (χ2n) is 10.7. The molecule has 8 heteroatoms. The zero-order valence-corrected chi connectivity index (χ0v) is 29.5. The molecule has 0 unspecified atom stereocenters. The van der Waals surface area contributed by atoms with Crippen LogP contribution < -0.4 is 49.8 Å². The van der Waals surface area contributed by atoms with Crippen molar-refractivity contribution in [3.05, 3.63) is 121 Å². The van der Waals surface area contributed by atoms with Gasteiger partial charge in [0.05, 0.1) is 35.5 Å². The van der Waals surface area contributed by atoms with Crippen LogP contribution in [0.5, 0.6) is 28.7 Å². The van der Waals surface area contributed by atoms with Gasteiger partial charge in [0.1, 0.15) is 28.7 Å². The van der Waals surface area contributed by atoms with Crippen molar-refractivity contribution in [2.45, 2.75) is 0 Å². The van der Waals surface area contributed by atoms with Crippen molar-refractivity contribution < 1.29 is 23.7 Å². The number of benzene rings is 5. The molecule has 0 saturated carbocycles. The van der Waals surface area contributed by atoms with E-state index in [1.807, 2.05) is 36.4 Å². The van der Waals surface area contributed by atoms with Crippen LogP contribution in [0.3, 0.4) is 0 Å². The molecular formula is C39H43NO5P2. The molecule has 0 aliphatic rings. The van der Waals surface area contributed by atoms with Crippen molar-refractivity contribution in [2.75, 3.05) is 65.9 Å². The van der Waals surface area contributed by atoms with E-state index in [1.54, 1.807) is 35.5 Å². The van der Waals surface area contributed by atoms with E-state index in [1.165, 1.54) is 21.2 Å². The SMILES string of the molecule is COc1ccc(N(CCP(c2ccccc2OC)c2ccccc2OC)CCP(c2ccccc2OC)c2ccccc2OC)cc1. The van der Waals surface area contributed by atoms with Crippen LogP contribution in [0.4, 0.5) is 5.69 Å². The fourth-order valence-corrected chi connectivity index (χ4v) is 10.9. The van der Waals surface area contributed by atoms with Gasteiger partial charge in [-0.15, -0.1) is 0 Å². The van der Waals surface area contributed by atoms with Crippen LogP contribution in [-0.2, 0) is 0 Å². The first kappa shape index (κ1) is 34.1. The van der Waals surface area contributed by atoms with Crippen molar-refractivity contribution in [3.8, 4) is 28.7 Å². The van der Waals surface area contributed by atoms with E-state index in [9.17, 15) is 0 Å². The predicted octanol–water partition coefficient (Wildman–Crippen LogP) is 6.80. The fourth-order valence-electron chi connectivity index (χ4n) is 5.76. The van der Waals surface area contributed by atoms with Crippen molar-refractivity contribution in [1.82, 2.24) is 0 Å². The summed E-state index contributed by atoms with van der Waals surface area (Å²) in [6.07, 6.45) is 1.81. The number of methoxy groups -OCH3 is 5. The van der Waals surface area contributed by atoms with Gasteiger partial charge in [0.15, 0.2) is 0 Å². The van der Waals surface area contributed by atoms with Gasteiger partial charge >= 0.3 is 0 Å². The minimum absolute atomic E-state index is 0.817. The Labute approximate surface area is 281 Å². The number of ether oxygens (including phenoxy) is 5. The molecule has 0 saturated heterocycles. The summed E-state index contributed by atoms with van der Waals surface area (Å²) >= 11 is 0. The molecule has 0 N–H and O–H groups in total. The molecule has 5 aromatic rings. The van der Waals surface area contributed by atoms with E-state index in [0.29, 0.717) is 0 Å². The van der Waals surface area contributed by atoms with Crippen molar-refractivity contribution in [2.24, 2.45) is 0 Å². The molecule has 0 heterocycles. The summed E-state index contributed by atoms with van der Waals surface area (Å²) in [4.78, 5) is 2.50. The second-order valence-corrected chi connectivity index (χ2v) is 15.2. The molecule has 0 atom stereocenters. The Balaban J connectivity index is 1.52. The Bertz CT molecular complexity index is 1520. The molecule has 0 bridgehead atoms. The van der Waals surface area contributed by atoms with E-state index in [2.05, 4.69) is 89.8 Å². The van der Waals surface area contributed by atoms with E-state index in [4.69, 9.17) is 23.7 Å². The van der Waals surface area contributed by atoms with Gasteiger partial charge in [-0.1, -0.05) is 72.8 Å². The fraction of sp³-hybridized carbons (Fsp3) is 0.231. The molecule has 5 rings (SSSR count). The highest BCUT2D eigenvalue weighted by Crippen LogP contribution is 2.42. The van der Waals surface area contributed by atoms with Gasteiger partial charge in [-0.25, -0.2) is 0 Å². The van der Waals surface area contributed by atoms with E-state index in [-0.39, 0.29) is 0 Å². The van der Waals surface area contributed by atoms with Gasteiger partial charge < -0.3 is 28.6 Å². The Kier molecular flexibility index (Phi) is 12.4. The van der Waals surface area contributed by atoms with Crippen LogP contribution in [0.2, 0.25) is 0 Å². The van der Waals surface area contributed by atoms with E-state index in [0.717, 1.165) is 59.8 Å². The Morgan fingerprint density at radius 3 is 1.02 bits per heavy atom. The highest BCUT2D eigenvalue weighted by molar-refractivity contribution is 7.73. The van der Waals surface area contributed by atoms with Gasteiger partial charge in [-0.3, -0.25) is 0 Å². The molecule has 0 aliphatic carbocycles. The summed E-state index contributed by atoms with van der Waals surface area (Å²) in [6, 6.07) is 41.8. The average molecular weight is 668 g/mol. The largest absolute Gasteiger partial charge is 0.497 e. The molecule has 0 aliphatic heterocycles. The Morgan fingerprint density at radius 1 is 0.404 bits per heavy atom. The summed E-state index contributed by atoms with van der Waals surface area (Å²) in [5, 5.41) is 4.81. The first-order chi connectivity index (χ1) is 23.1. The third kappa shape index (κ3) is 8.19. The van der Waals surface area contributed by atoms with Crippen LogP contribution in [0, 0.1) is 0 Å². The topological polar surface area (TPSA) is 49.4 Å². The van der Waals surface area contributed by atoms with Gasteiger partial charge in [-0.05, 0) is 76.7 Å². The molecule has 0 spiro atoms. The van der Waals surface area contributed by atoms with Crippen molar-refractivity contribution in [3.63, 3.8) is 0 Å². The summed E-state index contributed by atoms with van der Waals surface area (Å²) in [5.41, 5.74) is 1.15. The number of anilines is 1. The summed E-state index contributed by atoms with van der Waals surface area (Å²) in [7, 11) is 7.05. The lowest BCUT2D eigenvalue weighted by Gasteiger charge is -2.31. The molecule has 0 fully saturated rings. The molecule has 47 heavy (non-hydrogen) atoms. The van der Waals surface area contributed by atoms with Crippen LogP contribution in [0.25, 0.3) is 0 Å². The number of nitrogens with zero attached hydrogens (tertiary/aromatic N) is 1. The zero-order valence-electron chi connectivity index (χ0n) is 27.8. The van der Waals surface area contributed by atoms with Gasteiger partial charge in [-0.2, -0.15) is 0 Å². The lowest BCUT2D eigenvalue weighted by Crippen LogP contribution is -2.33. The molecule has 244 valence electrons. The minimum Gasteiger partial charge on any atom is -0.497 e. The number of hydrogen-bond acceptors (Lipinski definition) is 6. The number of para-hydroxylation sites is 4. The maximum absolute atomic E-state index is 5.89. The van der Waals surface area contributed by atoms with Crippen molar-refractivity contribution in [1.29, 1.82) is 0 Å². The van der Waals surface area contributed by atoms with Crippen LogP contribution in [-0.4, -0.2) is 61.0 Å². The molecule has 0 amide bonds. The lowest BCUT2D eigenvalue weighted by molar-refractivity contribution is 0.415. The summed E-state index contributed by atoms with van der Waals surface area (Å²) in [6.45, 7) is 1.66. The number of hydrogen-bond donors (Lipinski definition) is 0. The highest BCUT2D eigenvalue weighted by atomic mass is 31.1. The average Bonchev–Trinajstić information content (AvgIpc) is 3.14. The molecular weight excluding hydrogens is 624 g/mol. The van der Waals surface area contributed by atoms with E-state index < -0.39 is 15.8 Å². The maximum Gasteiger partial charge on any atom is 0.126 e. The zero-order chi connectivity index (χ0) is 33.0. The molecule has 6 nitrogen and oxygen atoms in total. The van der Waals surface area contributed by atoms with Crippen LogP contribution >= 0.6 is 15.8 Å². The van der Waals surface area contributed by atoms with Crippen LogP contribution in [0.1, 0.15) is 0 Å². The summed E-state index contributed by atoms with van der Waals surface area (Å²) < 4.78 is 29.1. The third-order valence-corrected chi connectivity index (χ3v) is 13.2. The Hall–Kier alpha value is -4.24. The quantitative estimate of drug-likeness (QED) is 0.108.